The predicted molar refractivity (Wildman–Crippen MR) is 99.0 cm³/mol. The van der Waals surface area contributed by atoms with Crippen molar-refractivity contribution in [2.45, 2.75) is 40.2 Å². The van der Waals surface area contributed by atoms with Crippen LogP contribution < -0.4 is 4.90 Å². The van der Waals surface area contributed by atoms with Gasteiger partial charge in [0.25, 0.3) is 0 Å². The zero-order valence-corrected chi connectivity index (χ0v) is 16.0. The Morgan fingerprint density at radius 2 is 1.84 bits per heavy atom. The van der Waals surface area contributed by atoms with Crippen LogP contribution in [-0.4, -0.2) is 42.9 Å². The lowest BCUT2D eigenvalue weighted by molar-refractivity contribution is -0.155. The summed E-state index contributed by atoms with van der Waals surface area (Å²) in [6.45, 7) is 5.96. The molecule has 0 aliphatic carbocycles. The minimum absolute atomic E-state index is 0.102. The van der Waals surface area contributed by atoms with Crippen molar-refractivity contribution in [3.05, 3.63) is 29.3 Å². The quantitative estimate of drug-likeness (QED) is 0.564. The van der Waals surface area contributed by atoms with E-state index in [-0.39, 0.29) is 19.1 Å². The summed E-state index contributed by atoms with van der Waals surface area (Å²) >= 11 is 4.24. The molecule has 0 aliphatic heterocycles. The van der Waals surface area contributed by atoms with E-state index in [1.54, 1.807) is 0 Å². The van der Waals surface area contributed by atoms with Crippen LogP contribution in [0.15, 0.2) is 18.2 Å². The van der Waals surface area contributed by atoms with Crippen molar-refractivity contribution in [3.8, 4) is 0 Å². The van der Waals surface area contributed by atoms with E-state index >= 15 is 0 Å². The molecular formula is C18H25NO5S. The highest BCUT2D eigenvalue weighted by Gasteiger charge is 2.22. The van der Waals surface area contributed by atoms with Gasteiger partial charge in [0.2, 0.25) is 5.91 Å². The largest absolute Gasteiger partial charge is 0.462 e. The minimum atomic E-state index is -0.734. The molecule has 1 aromatic rings. The second-order valence-corrected chi connectivity index (χ2v) is 6.20. The van der Waals surface area contributed by atoms with Crippen molar-refractivity contribution in [1.29, 1.82) is 0 Å². The van der Waals surface area contributed by atoms with E-state index in [0.29, 0.717) is 5.69 Å². The number of anilines is 1. The highest BCUT2D eigenvalue weighted by Crippen LogP contribution is 2.21. The van der Waals surface area contributed by atoms with Crippen LogP contribution in [0.25, 0.3) is 0 Å². The van der Waals surface area contributed by atoms with Crippen molar-refractivity contribution in [2.75, 3.05) is 23.8 Å². The first-order valence-electron chi connectivity index (χ1n) is 8.03. The van der Waals surface area contributed by atoms with E-state index in [2.05, 4.69) is 12.6 Å². The number of benzene rings is 1. The highest BCUT2D eigenvalue weighted by atomic mass is 32.1. The highest BCUT2D eigenvalue weighted by molar-refractivity contribution is 7.80. The number of ether oxygens (including phenoxy) is 2. The van der Waals surface area contributed by atoms with Crippen molar-refractivity contribution < 1.29 is 23.9 Å². The Hall–Kier alpha value is -2.02. The SMILES string of the molecule is CC(=O)OC[C@H](CN(C(C)=O)c1ccc(CCS)c(C)c1)OC(C)=O. The second-order valence-electron chi connectivity index (χ2n) is 5.75. The molecular weight excluding hydrogens is 342 g/mol. The van der Waals surface area contributed by atoms with Gasteiger partial charge < -0.3 is 14.4 Å². The van der Waals surface area contributed by atoms with Crippen LogP contribution in [0.3, 0.4) is 0 Å². The topological polar surface area (TPSA) is 72.9 Å². The molecule has 0 fully saturated rings. The van der Waals surface area contributed by atoms with Gasteiger partial charge in [-0.2, -0.15) is 12.6 Å². The number of hydrogen-bond acceptors (Lipinski definition) is 6. The van der Waals surface area contributed by atoms with Gasteiger partial charge in [-0.3, -0.25) is 14.4 Å². The van der Waals surface area contributed by atoms with Gasteiger partial charge in [-0.25, -0.2) is 0 Å². The molecule has 0 spiro atoms. The van der Waals surface area contributed by atoms with Crippen LogP contribution in [0.2, 0.25) is 0 Å². The van der Waals surface area contributed by atoms with Gasteiger partial charge in [0.15, 0.2) is 6.10 Å². The van der Waals surface area contributed by atoms with Crippen molar-refractivity contribution in [3.63, 3.8) is 0 Å². The zero-order chi connectivity index (χ0) is 19.0. The summed E-state index contributed by atoms with van der Waals surface area (Å²) in [6, 6.07) is 5.73. The van der Waals surface area contributed by atoms with E-state index < -0.39 is 18.0 Å². The Kier molecular flexibility index (Phi) is 8.48. The molecule has 0 saturated carbocycles. The van der Waals surface area contributed by atoms with Crippen LogP contribution in [0, 0.1) is 6.92 Å². The molecule has 0 aliphatic rings. The summed E-state index contributed by atoms with van der Waals surface area (Å²) in [7, 11) is 0. The molecule has 1 atom stereocenters. The van der Waals surface area contributed by atoms with E-state index in [1.165, 1.54) is 31.2 Å². The smallest absolute Gasteiger partial charge is 0.303 e. The van der Waals surface area contributed by atoms with Gasteiger partial charge in [-0.05, 0) is 42.4 Å². The Bertz CT molecular complexity index is 632. The lowest BCUT2D eigenvalue weighted by Gasteiger charge is -2.27. The maximum atomic E-state index is 12.1. The number of rotatable bonds is 8. The number of aryl methyl sites for hydroxylation is 2. The third-order valence-electron chi connectivity index (χ3n) is 3.59. The number of nitrogens with zero attached hydrogens (tertiary/aromatic N) is 1. The molecule has 7 heteroatoms. The first-order valence-corrected chi connectivity index (χ1v) is 8.67. The first kappa shape index (κ1) is 21.0. The Labute approximate surface area is 153 Å². The summed E-state index contributed by atoms with van der Waals surface area (Å²) in [4.78, 5) is 35.9. The molecule has 138 valence electrons. The third-order valence-corrected chi connectivity index (χ3v) is 3.81. The third kappa shape index (κ3) is 7.17. The van der Waals surface area contributed by atoms with Gasteiger partial charge in [-0.1, -0.05) is 6.07 Å². The predicted octanol–water partition coefficient (Wildman–Crippen LogP) is 2.32. The van der Waals surface area contributed by atoms with E-state index in [4.69, 9.17) is 9.47 Å². The molecule has 0 saturated heterocycles. The lowest BCUT2D eigenvalue weighted by Crippen LogP contribution is -2.40. The van der Waals surface area contributed by atoms with Crippen LogP contribution in [0.1, 0.15) is 31.9 Å². The Morgan fingerprint density at radius 1 is 1.16 bits per heavy atom. The molecule has 0 unspecified atom stereocenters. The fourth-order valence-electron chi connectivity index (χ4n) is 2.44. The van der Waals surface area contributed by atoms with Crippen LogP contribution in [0.4, 0.5) is 5.69 Å². The molecule has 0 N–H and O–H groups in total. The van der Waals surface area contributed by atoms with Gasteiger partial charge in [0, 0.05) is 26.5 Å². The molecule has 0 heterocycles. The summed E-state index contributed by atoms with van der Waals surface area (Å²) in [5.74, 6) is -0.422. The van der Waals surface area contributed by atoms with Gasteiger partial charge in [0.1, 0.15) is 6.61 Å². The number of amides is 1. The molecule has 0 bridgehead atoms. The summed E-state index contributed by atoms with van der Waals surface area (Å²) in [5, 5.41) is 0. The number of carbonyl (C=O) groups is 3. The normalized spacial score (nSPS) is 11.6. The van der Waals surface area contributed by atoms with Crippen molar-refractivity contribution in [2.24, 2.45) is 0 Å². The maximum Gasteiger partial charge on any atom is 0.303 e. The number of thiol groups is 1. The van der Waals surface area contributed by atoms with Crippen molar-refractivity contribution >= 4 is 36.2 Å². The monoisotopic (exact) mass is 367 g/mol. The average molecular weight is 367 g/mol. The maximum absolute atomic E-state index is 12.1. The number of hydrogen-bond donors (Lipinski definition) is 1. The molecule has 6 nitrogen and oxygen atoms in total. The standard InChI is InChI=1S/C18H25NO5S/c1-12-9-17(6-5-16(12)7-8-25)19(13(2)20)10-18(24-15(4)22)11-23-14(3)21/h5-6,9,18,25H,7-8,10-11H2,1-4H3/t18-/m0/s1. The van der Waals surface area contributed by atoms with E-state index in [1.807, 2.05) is 25.1 Å². The molecule has 1 aromatic carbocycles. The Balaban J connectivity index is 3.00. The van der Waals surface area contributed by atoms with Crippen LogP contribution in [0.5, 0.6) is 0 Å². The number of esters is 2. The van der Waals surface area contributed by atoms with E-state index in [0.717, 1.165) is 17.7 Å². The van der Waals surface area contributed by atoms with Crippen LogP contribution >= 0.6 is 12.6 Å². The molecule has 1 rings (SSSR count). The zero-order valence-electron chi connectivity index (χ0n) is 15.1. The molecule has 0 radical (unpaired) electrons. The Morgan fingerprint density at radius 3 is 2.32 bits per heavy atom. The summed E-state index contributed by atoms with van der Waals surface area (Å²) < 4.78 is 10.1. The van der Waals surface area contributed by atoms with Gasteiger partial charge in [0.05, 0.1) is 6.54 Å². The average Bonchev–Trinajstić information content (AvgIpc) is 2.51. The molecule has 25 heavy (non-hydrogen) atoms. The lowest BCUT2D eigenvalue weighted by atomic mass is 10.0. The van der Waals surface area contributed by atoms with Gasteiger partial charge in [-0.15, -0.1) is 0 Å². The summed E-state index contributed by atoms with van der Waals surface area (Å²) in [6.07, 6.45) is 0.111. The minimum Gasteiger partial charge on any atom is -0.462 e. The first-order chi connectivity index (χ1) is 11.7. The van der Waals surface area contributed by atoms with Crippen LogP contribution in [-0.2, 0) is 30.3 Å². The molecule has 0 aromatic heterocycles. The van der Waals surface area contributed by atoms with Crippen molar-refractivity contribution in [1.82, 2.24) is 0 Å². The second kappa shape index (κ2) is 10.1. The fourth-order valence-corrected chi connectivity index (χ4v) is 2.68. The number of carbonyl (C=O) groups excluding carboxylic acids is 3. The fraction of sp³-hybridized carbons (Fsp3) is 0.500. The molecule has 1 amide bonds. The van der Waals surface area contributed by atoms with E-state index in [9.17, 15) is 14.4 Å². The van der Waals surface area contributed by atoms with Gasteiger partial charge >= 0.3 is 11.9 Å². The summed E-state index contributed by atoms with van der Waals surface area (Å²) in [5.41, 5.74) is 2.92.